The maximum absolute atomic E-state index is 13.0. The van der Waals surface area contributed by atoms with Crippen molar-refractivity contribution >= 4 is 21.1 Å². The first-order chi connectivity index (χ1) is 10.3. The van der Waals surface area contributed by atoms with E-state index < -0.39 is 10.0 Å². The Labute approximate surface area is 129 Å². The molecule has 0 aliphatic carbocycles. The molecule has 0 bridgehead atoms. The van der Waals surface area contributed by atoms with Crippen LogP contribution in [0.25, 0.3) is 11.0 Å². The summed E-state index contributed by atoms with van der Waals surface area (Å²) < 4.78 is 27.0. The van der Waals surface area contributed by atoms with Crippen molar-refractivity contribution in [1.82, 2.24) is 14.4 Å². The molecule has 0 aliphatic heterocycles. The molecule has 0 radical (unpaired) electrons. The molecule has 1 aromatic heterocycles. The lowest BCUT2D eigenvalue weighted by atomic mass is 10.1. The quantitative estimate of drug-likeness (QED) is 0.729. The minimum atomic E-state index is -3.77. The van der Waals surface area contributed by atoms with Gasteiger partial charge in [0.25, 0.3) is 10.0 Å². The summed E-state index contributed by atoms with van der Waals surface area (Å²) in [7, 11) is -3.77. The average molecular weight is 315 g/mol. The van der Waals surface area contributed by atoms with Crippen molar-refractivity contribution in [2.75, 3.05) is 0 Å². The number of hydrogen-bond acceptors (Lipinski definition) is 4. The molecular weight excluding hydrogens is 298 g/mol. The maximum Gasteiger partial charge on any atom is 0.285 e. The zero-order chi connectivity index (χ0) is 16.1. The van der Waals surface area contributed by atoms with Gasteiger partial charge in [-0.15, -0.1) is 9.19 Å². The fraction of sp³-hybridized carbons (Fsp3) is 0.250. The Morgan fingerprint density at radius 3 is 2.18 bits per heavy atom. The summed E-state index contributed by atoms with van der Waals surface area (Å²) in [6, 6.07) is 9.14. The van der Waals surface area contributed by atoms with Gasteiger partial charge >= 0.3 is 0 Å². The molecule has 0 fully saturated rings. The first kappa shape index (κ1) is 14.7. The van der Waals surface area contributed by atoms with Gasteiger partial charge in [0.2, 0.25) is 0 Å². The summed E-state index contributed by atoms with van der Waals surface area (Å²) in [6.07, 6.45) is 0. The van der Waals surface area contributed by atoms with Crippen molar-refractivity contribution in [3.05, 3.63) is 52.6 Å². The molecule has 3 rings (SSSR count). The second kappa shape index (κ2) is 4.91. The minimum Gasteiger partial charge on any atom is -0.199 e. The summed E-state index contributed by atoms with van der Waals surface area (Å²) in [5.41, 5.74) is 4.55. The third kappa shape index (κ3) is 2.20. The number of rotatable bonds is 2. The predicted octanol–water partition coefficient (Wildman–Crippen LogP) is 2.90. The van der Waals surface area contributed by atoms with E-state index in [0.29, 0.717) is 27.1 Å². The van der Waals surface area contributed by atoms with Crippen LogP contribution in [0.2, 0.25) is 0 Å². The van der Waals surface area contributed by atoms with Crippen LogP contribution in [-0.4, -0.2) is 22.8 Å². The third-order valence-electron chi connectivity index (χ3n) is 3.66. The molecule has 0 aliphatic rings. The van der Waals surface area contributed by atoms with Crippen LogP contribution in [0.1, 0.15) is 22.3 Å². The van der Waals surface area contributed by atoms with Crippen molar-refractivity contribution in [2.24, 2.45) is 0 Å². The zero-order valence-corrected chi connectivity index (χ0v) is 13.8. The van der Waals surface area contributed by atoms with Gasteiger partial charge in [-0.3, -0.25) is 0 Å². The molecule has 0 saturated carbocycles. The second-order valence-electron chi connectivity index (χ2n) is 5.66. The lowest BCUT2D eigenvalue weighted by Crippen LogP contribution is -2.17. The monoisotopic (exact) mass is 315 g/mol. The Hall–Kier alpha value is -2.21. The number of aryl methyl sites for hydroxylation is 4. The van der Waals surface area contributed by atoms with Crippen LogP contribution >= 0.6 is 0 Å². The van der Waals surface area contributed by atoms with Gasteiger partial charge in [0.1, 0.15) is 11.0 Å². The smallest absolute Gasteiger partial charge is 0.199 e. The van der Waals surface area contributed by atoms with E-state index in [1.165, 1.54) is 0 Å². The second-order valence-corrected chi connectivity index (χ2v) is 7.36. The van der Waals surface area contributed by atoms with Gasteiger partial charge in [0.05, 0.1) is 4.90 Å². The number of nitrogens with zero attached hydrogens (tertiary/aromatic N) is 3. The van der Waals surface area contributed by atoms with Crippen LogP contribution in [-0.2, 0) is 10.0 Å². The highest BCUT2D eigenvalue weighted by atomic mass is 32.2. The van der Waals surface area contributed by atoms with Crippen molar-refractivity contribution < 1.29 is 8.42 Å². The molecule has 6 heteroatoms. The molecule has 114 valence electrons. The van der Waals surface area contributed by atoms with E-state index in [1.54, 1.807) is 19.9 Å². The van der Waals surface area contributed by atoms with E-state index in [-0.39, 0.29) is 0 Å². The van der Waals surface area contributed by atoms with Crippen LogP contribution in [0.4, 0.5) is 0 Å². The molecule has 2 aromatic carbocycles. The highest BCUT2D eigenvalue weighted by Crippen LogP contribution is 2.26. The Balaban J connectivity index is 2.30. The fourth-order valence-electron chi connectivity index (χ4n) is 2.85. The number of aromatic nitrogens is 3. The lowest BCUT2D eigenvalue weighted by Gasteiger charge is -2.12. The van der Waals surface area contributed by atoms with Crippen LogP contribution in [0.5, 0.6) is 0 Å². The molecule has 0 amide bonds. The minimum absolute atomic E-state index is 0.297. The molecule has 0 N–H and O–H groups in total. The van der Waals surface area contributed by atoms with Crippen LogP contribution in [0.3, 0.4) is 0 Å². The van der Waals surface area contributed by atoms with Gasteiger partial charge in [-0.2, -0.15) is 8.42 Å². The van der Waals surface area contributed by atoms with Gasteiger partial charge in [-0.25, -0.2) is 0 Å². The summed E-state index contributed by atoms with van der Waals surface area (Å²) in [4.78, 5) is 0.297. The van der Waals surface area contributed by atoms with E-state index in [4.69, 9.17) is 0 Å². The number of fused-ring (bicyclic) bond motifs is 1. The Morgan fingerprint density at radius 2 is 1.55 bits per heavy atom. The number of hydrogen-bond donors (Lipinski definition) is 0. The van der Waals surface area contributed by atoms with E-state index in [1.807, 2.05) is 38.1 Å². The van der Waals surface area contributed by atoms with E-state index in [0.717, 1.165) is 15.2 Å². The molecule has 0 atom stereocenters. The van der Waals surface area contributed by atoms with Gasteiger partial charge in [0, 0.05) is 0 Å². The Kier molecular flexibility index (Phi) is 3.29. The van der Waals surface area contributed by atoms with Gasteiger partial charge < -0.3 is 0 Å². The molecule has 5 nitrogen and oxygen atoms in total. The van der Waals surface area contributed by atoms with Crippen molar-refractivity contribution in [2.45, 2.75) is 32.6 Å². The van der Waals surface area contributed by atoms with E-state index in [9.17, 15) is 8.42 Å². The molecule has 0 saturated heterocycles. The van der Waals surface area contributed by atoms with Crippen molar-refractivity contribution in [3.63, 3.8) is 0 Å². The SMILES string of the molecule is Cc1cc(C)c(S(=O)(=O)n2nnc3cc(C)ccc32)c(C)c1. The number of benzene rings is 2. The summed E-state index contributed by atoms with van der Waals surface area (Å²) in [5.74, 6) is 0. The standard InChI is InChI=1S/C16H17N3O2S/c1-10-5-6-15-14(9-10)17-18-19(15)22(20,21)16-12(3)7-11(2)8-13(16)4/h5-9H,1-4H3. The molecule has 0 unspecified atom stereocenters. The predicted molar refractivity (Wildman–Crippen MR) is 85.5 cm³/mol. The first-order valence-corrected chi connectivity index (χ1v) is 8.40. The average Bonchev–Trinajstić information content (AvgIpc) is 2.80. The fourth-order valence-corrected chi connectivity index (χ4v) is 4.50. The van der Waals surface area contributed by atoms with Gasteiger partial charge in [-0.05, 0) is 56.5 Å². The maximum atomic E-state index is 13.0. The molecule has 3 aromatic rings. The highest BCUT2D eigenvalue weighted by molar-refractivity contribution is 7.90. The molecule has 1 heterocycles. The highest BCUT2D eigenvalue weighted by Gasteiger charge is 2.25. The summed E-state index contributed by atoms with van der Waals surface area (Å²) >= 11 is 0. The van der Waals surface area contributed by atoms with Gasteiger partial charge in [-0.1, -0.05) is 29.0 Å². The summed E-state index contributed by atoms with van der Waals surface area (Å²) in [6.45, 7) is 7.48. The Bertz CT molecular complexity index is 965. The first-order valence-electron chi connectivity index (χ1n) is 6.96. The van der Waals surface area contributed by atoms with Crippen molar-refractivity contribution in [3.8, 4) is 0 Å². The van der Waals surface area contributed by atoms with Crippen molar-refractivity contribution in [1.29, 1.82) is 0 Å². The van der Waals surface area contributed by atoms with E-state index in [2.05, 4.69) is 10.3 Å². The van der Waals surface area contributed by atoms with E-state index >= 15 is 0 Å². The molecular formula is C16H17N3O2S. The normalized spacial score (nSPS) is 12.0. The molecule has 0 spiro atoms. The lowest BCUT2D eigenvalue weighted by molar-refractivity contribution is 0.578. The summed E-state index contributed by atoms with van der Waals surface area (Å²) in [5, 5.41) is 7.85. The third-order valence-corrected chi connectivity index (χ3v) is 5.55. The van der Waals surface area contributed by atoms with Crippen LogP contribution in [0.15, 0.2) is 35.2 Å². The van der Waals surface area contributed by atoms with Crippen LogP contribution < -0.4 is 0 Å². The van der Waals surface area contributed by atoms with Gasteiger partial charge in [0.15, 0.2) is 0 Å². The largest absolute Gasteiger partial charge is 0.285 e. The topological polar surface area (TPSA) is 64.8 Å². The van der Waals surface area contributed by atoms with Crippen LogP contribution in [0, 0.1) is 27.7 Å². The molecule has 22 heavy (non-hydrogen) atoms. The zero-order valence-electron chi connectivity index (χ0n) is 13.0. The Morgan fingerprint density at radius 1 is 0.909 bits per heavy atom.